The lowest BCUT2D eigenvalue weighted by atomic mass is 9.96. The third kappa shape index (κ3) is 2.46. The van der Waals surface area contributed by atoms with Gasteiger partial charge >= 0.3 is 5.69 Å². The molecular formula is C15H24N2O3. The van der Waals surface area contributed by atoms with E-state index in [9.17, 15) is 9.59 Å². The summed E-state index contributed by atoms with van der Waals surface area (Å²) >= 11 is 0. The molecule has 0 spiro atoms. The Hall–Kier alpha value is -1.36. The zero-order chi connectivity index (χ0) is 14.9. The van der Waals surface area contributed by atoms with E-state index in [1.54, 1.807) is 10.8 Å². The van der Waals surface area contributed by atoms with Gasteiger partial charge in [-0.1, -0.05) is 27.2 Å². The minimum absolute atomic E-state index is 0.203. The molecule has 2 heterocycles. The highest BCUT2D eigenvalue weighted by molar-refractivity contribution is 5.06. The number of nitrogens with zero attached hydrogens (tertiary/aromatic N) is 2. The van der Waals surface area contributed by atoms with Crippen LogP contribution in [-0.2, 0) is 18.2 Å². The van der Waals surface area contributed by atoms with E-state index in [0.29, 0.717) is 17.9 Å². The van der Waals surface area contributed by atoms with Crippen molar-refractivity contribution < 1.29 is 4.74 Å². The Kier molecular flexibility index (Phi) is 4.48. The van der Waals surface area contributed by atoms with Gasteiger partial charge in [0.1, 0.15) is 6.23 Å². The minimum Gasteiger partial charge on any atom is -0.354 e. The Balaban J connectivity index is 2.42. The summed E-state index contributed by atoms with van der Waals surface area (Å²) in [5.41, 5.74) is 0.165. The van der Waals surface area contributed by atoms with Crippen molar-refractivity contribution in [3.8, 4) is 0 Å². The van der Waals surface area contributed by atoms with E-state index >= 15 is 0 Å². The predicted octanol–water partition coefficient (Wildman–Crippen LogP) is 1.83. The maximum atomic E-state index is 12.3. The third-order valence-electron chi connectivity index (χ3n) is 4.36. The molecule has 5 heteroatoms. The highest BCUT2D eigenvalue weighted by Crippen LogP contribution is 2.35. The molecule has 1 fully saturated rings. The van der Waals surface area contributed by atoms with Gasteiger partial charge in [-0.05, 0) is 25.2 Å². The first-order chi connectivity index (χ1) is 9.53. The van der Waals surface area contributed by atoms with Crippen molar-refractivity contribution in [2.24, 2.45) is 13.0 Å². The number of hydrogen-bond acceptors (Lipinski definition) is 3. The SMILES string of the molecule is CCc1cn(C2CC(CC)C(CC)O2)c(=O)n(C)c1=O. The number of rotatable bonds is 4. The maximum absolute atomic E-state index is 12.3. The van der Waals surface area contributed by atoms with Crippen molar-refractivity contribution in [1.82, 2.24) is 9.13 Å². The van der Waals surface area contributed by atoms with Crippen LogP contribution in [0.15, 0.2) is 15.8 Å². The number of hydrogen-bond donors (Lipinski definition) is 0. The number of ether oxygens (including phenoxy) is 1. The largest absolute Gasteiger partial charge is 0.354 e. The van der Waals surface area contributed by atoms with Crippen LogP contribution in [0.25, 0.3) is 0 Å². The molecule has 0 aliphatic carbocycles. The van der Waals surface area contributed by atoms with Crippen LogP contribution in [-0.4, -0.2) is 15.2 Å². The summed E-state index contributed by atoms with van der Waals surface area (Å²) in [6.45, 7) is 6.18. The van der Waals surface area contributed by atoms with E-state index in [4.69, 9.17) is 4.74 Å². The summed E-state index contributed by atoms with van der Waals surface area (Å²) in [4.78, 5) is 24.2. The number of aryl methyl sites for hydroxylation is 1. The molecule has 1 aliphatic heterocycles. The van der Waals surface area contributed by atoms with E-state index in [1.165, 1.54) is 11.6 Å². The van der Waals surface area contributed by atoms with E-state index < -0.39 is 0 Å². The first-order valence-electron chi connectivity index (χ1n) is 7.49. The lowest BCUT2D eigenvalue weighted by molar-refractivity contribution is -0.00963. The van der Waals surface area contributed by atoms with Gasteiger partial charge in [0.2, 0.25) is 0 Å². The standard InChI is InChI=1S/C15H24N2O3/c1-5-10-8-13(20-12(10)7-3)17-9-11(6-2)14(18)16(4)15(17)19/h9-10,12-13H,5-8H2,1-4H3. The third-order valence-corrected chi connectivity index (χ3v) is 4.36. The lowest BCUT2D eigenvalue weighted by Crippen LogP contribution is -2.40. The molecule has 3 atom stereocenters. The van der Waals surface area contributed by atoms with Gasteiger partial charge in [-0.15, -0.1) is 0 Å². The first kappa shape index (κ1) is 15.0. The van der Waals surface area contributed by atoms with Crippen LogP contribution in [0.3, 0.4) is 0 Å². The molecule has 3 unspecified atom stereocenters. The smallest absolute Gasteiger partial charge is 0.332 e. The maximum Gasteiger partial charge on any atom is 0.332 e. The zero-order valence-corrected chi connectivity index (χ0v) is 12.8. The van der Waals surface area contributed by atoms with Gasteiger partial charge < -0.3 is 4.74 Å². The number of aromatic nitrogens is 2. The molecule has 20 heavy (non-hydrogen) atoms. The molecule has 1 aromatic rings. The molecule has 0 N–H and O–H groups in total. The van der Waals surface area contributed by atoms with E-state index in [2.05, 4.69) is 13.8 Å². The van der Waals surface area contributed by atoms with Gasteiger partial charge in [0, 0.05) is 18.8 Å². The molecule has 0 bridgehead atoms. The fourth-order valence-electron chi connectivity index (χ4n) is 3.02. The zero-order valence-electron chi connectivity index (χ0n) is 12.8. The predicted molar refractivity (Wildman–Crippen MR) is 77.9 cm³/mol. The monoisotopic (exact) mass is 280 g/mol. The van der Waals surface area contributed by atoms with Crippen LogP contribution in [0, 0.1) is 5.92 Å². The van der Waals surface area contributed by atoms with Gasteiger partial charge in [0.15, 0.2) is 0 Å². The molecule has 1 aromatic heterocycles. The van der Waals surface area contributed by atoms with Crippen LogP contribution < -0.4 is 11.2 Å². The van der Waals surface area contributed by atoms with Crippen molar-refractivity contribution in [3.05, 3.63) is 32.6 Å². The van der Waals surface area contributed by atoms with Gasteiger partial charge in [-0.25, -0.2) is 4.79 Å². The molecule has 0 saturated carbocycles. The highest BCUT2D eigenvalue weighted by atomic mass is 16.5. The summed E-state index contributed by atoms with van der Waals surface area (Å²) in [6, 6.07) is 0. The van der Waals surface area contributed by atoms with Crippen LogP contribution in [0.1, 0.15) is 51.8 Å². The minimum atomic E-state index is -0.288. The van der Waals surface area contributed by atoms with Crippen molar-refractivity contribution >= 4 is 0 Å². The van der Waals surface area contributed by atoms with Crippen LogP contribution >= 0.6 is 0 Å². The fourth-order valence-corrected chi connectivity index (χ4v) is 3.02. The fraction of sp³-hybridized carbons (Fsp3) is 0.733. The van der Waals surface area contributed by atoms with E-state index in [-0.39, 0.29) is 23.6 Å². The molecule has 112 valence electrons. The first-order valence-corrected chi connectivity index (χ1v) is 7.49. The Morgan fingerprint density at radius 3 is 2.45 bits per heavy atom. The van der Waals surface area contributed by atoms with Crippen LogP contribution in [0.4, 0.5) is 0 Å². The van der Waals surface area contributed by atoms with Gasteiger partial charge in [-0.3, -0.25) is 13.9 Å². The molecular weight excluding hydrogens is 256 g/mol. The molecule has 5 nitrogen and oxygen atoms in total. The average molecular weight is 280 g/mol. The second-order valence-corrected chi connectivity index (χ2v) is 5.50. The summed E-state index contributed by atoms with van der Waals surface area (Å²) in [6.07, 6.45) is 5.12. The van der Waals surface area contributed by atoms with Gasteiger partial charge in [0.05, 0.1) is 6.10 Å². The van der Waals surface area contributed by atoms with Gasteiger partial charge in [0.25, 0.3) is 5.56 Å². The molecule has 2 rings (SSSR count). The molecule has 0 amide bonds. The summed E-state index contributed by atoms with van der Waals surface area (Å²) in [7, 11) is 1.53. The molecule has 1 aliphatic rings. The van der Waals surface area contributed by atoms with Crippen molar-refractivity contribution in [2.75, 3.05) is 0 Å². The normalized spacial score (nSPS) is 26.1. The molecule has 0 radical (unpaired) electrons. The Bertz CT molecular complexity index is 576. The van der Waals surface area contributed by atoms with E-state index in [1.807, 2.05) is 6.92 Å². The highest BCUT2D eigenvalue weighted by Gasteiger charge is 2.34. The second-order valence-electron chi connectivity index (χ2n) is 5.50. The summed E-state index contributed by atoms with van der Waals surface area (Å²) in [5, 5.41) is 0. The van der Waals surface area contributed by atoms with Crippen LogP contribution in [0.5, 0.6) is 0 Å². The average Bonchev–Trinajstić information content (AvgIpc) is 2.88. The second kappa shape index (κ2) is 5.95. The van der Waals surface area contributed by atoms with Crippen LogP contribution in [0.2, 0.25) is 0 Å². The van der Waals surface area contributed by atoms with Crippen molar-refractivity contribution in [3.63, 3.8) is 0 Å². The Morgan fingerprint density at radius 1 is 1.25 bits per heavy atom. The summed E-state index contributed by atoms with van der Waals surface area (Å²) < 4.78 is 8.80. The van der Waals surface area contributed by atoms with Gasteiger partial charge in [-0.2, -0.15) is 0 Å². The quantitative estimate of drug-likeness (QED) is 0.845. The van der Waals surface area contributed by atoms with Crippen molar-refractivity contribution in [2.45, 2.75) is 58.8 Å². The lowest BCUT2D eigenvalue weighted by Gasteiger charge is -2.17. The topological polar surface area (TPSA) is 53.2 Å². The molecule has 1 saturated heterocycles. The van der Waals surface area contributed by atoms with Crippen molar-refractivity contribution in [1.29, 1.82) is 0 Å². The van der Waals surface area contributed by atoms with E-state index in [0.717, 1.165) is 19.3 Å². The Labute approximate surface area is 119 Å². The summed E-state index contributed by atoms with van der Waals surface area (Å²) in [5.74, 6) is 0.485. The molecule has 0 aromatic carbocycles. The Morgan fingerprint density at radius 2 is 1.95 bits per heavy atom.